The Bertz CT molecular complexity index is 1330. The van der Waals surface area contributed by atoms with Crippen molar-refractivity contribution < 1.29 is 23.7 Å². The Morgan fingerprint density at radius 2 is 1.88 bits per heavy atom. The number of hydrogen-bond acceptors (Lipinski definition) is 6. The Morgan fingerprint density at radius 3 is 2.76 bits per heavy atom. The van der Waals surface area contributed by atoms with Crippen molar-refractivity contribution in [1.29, 1.82) is 0 Å². The second-order valence-electron chi connectivity index (χ2n) is 8.28. The summed E-state index contributed by atoms with van der Waals surface area (Å²) in [5, 5.41) is 0. The van der Waals surface area contributed by atoms with Crippen LogP contribution >= 0.6 is 15.9 Å². The quantitative estimate of drug-likeness (QED) is 0.441. The second-order valence-corrected chi connectivity index (χ2v) is 9.14. The third kappa shape index (κ3) is 3.57. The monoisotopic (exact) mass is 505 g/mol. The predicted molar refractivity (Wildman–Crippen MR) is 126 cm³/mol. The molecule has 3 aromatic rings. The van der Waals surface area contributed by atoms with Crippen LogP contribution in [0.4, 0.5) is 0 Å². The number of allylic oxidation sites excluding steroid dienone is 1. The molecule has 7 heteroatoms. The highest BCUT2D eigenvalue weighted by Gasteiger charge is 2.35. The Balaban J connectivity index is 1.30. The number of halogens is 1. The van der Waals surface area contributed by atoms with Crippen molar-refractivity contribution in [2.45, 2.75) is 20.0 Å². The Morgan fingerprint density at radius 1 is 1.03 bits per heavy atom. The van der Waals surface area contributed by atoms with Gasteiger partial charge in [-0.25, -0.2) is 0 Å². The van der Waals surface area contributed by atoms with Gasteiger partial charge in [-0.15, -0.1) is 0 Å². The number of carbonyl (C=O) groups is 1. The summed E-state index contributed by atoms with van der Waals surface area (Å²) in [5.41, 5.74) is 4.35. The molecule has 0 saturated heterocycles. The number of nitrogens with zero attached hydrogens (tertiary/aromatic N) is 1. The smallest absolute Gasteiger partial charge is 0.232 e. The van der Waals surface area contributed by atoms with E-state index in [0.717, 1.165) is 44.0 Å². The van der Waals surface area contributed by atoms with E-state index in [1.165, 1.54) is 0 Å². The van der Waals surface area contributed by atoms with E-state index in [9.17, 15) is 4.79 Å². The lowest BCUT2D eigenvalue weighted by Crippen LogP contribution is -2.31. The first-order valence-electron chi connectivity index (χ1n) is 10.7. The van der Waals surface area contributed by atoms with Gasteiger partial charge >= 0.3 is 0 Å². The molecule has 3 aliphatic rings. The Hall–Kier alpha value is -3.29. The van der Waals surface area contributed by atoms with Gasteiger partial charge in [0.2, 0.25) is 12.6 Å². The molecule has 0 fully saturated rings. The van der Waals surface area contributed by atoms with Crippen molar-refractivity contribution in [3.05, 3.63) is 86.6 Å². The number of benzene rings is 3. The maximum atomic E-state index is 13.2. The summed E-state index contributed by atoms with van der Waals surface area (Å²) in [6, 6.07) is 15.6. The highest BCUT2D eigenvalue weighted by Crippen LogP contribution is 2.44. The van der Waals surface area contributed by atoms with Crippen LogP contribution in [0.1, 0.15) is 32.6 Å². The molecule has 0 amide bonds. The van der Waals surface area contributed by atoms with Gasteiger partial charge in [0.25, 0.3) is 0 Å². The van der Waals surface area contributed by atoms with Gasteiger partial charge in [-0.3, -0.25) is 9.69 Å². The van der Waals surface area contributed by atoms with Crippen LogP contribution in [0.15, 0.2) is 58.8 Å². The van der Waals surface area contributed by atoms with E-state index in [2.05, 4.69) is 20.8 Å². The fourth-order valence-electron chi connectivity index (χ4n) is 4.41. The number of Topliss-reactive ketones (excluding diaryl/α,β-unsaturated/α-hetero) is 1. The Labute approximate surface area is 199 Å². The number of ether oxygens (including phenoxy) is 4. The maximum Gasteiger partial charge on any atom is 0.232 e. The fraction of sp³-hybridized carbons (Fsp3) is 0.192. The molecule has 3 heterocycles. The molecule has 0 radical (unpaired) electrons. The molecule has 33 heavy (non-hydrogen) atoms. The zero-order chi connectivity index (χ0) is 22.5. The van der Waals surface area contributed by atoms with Gasteiger partial charge in [0.1, 0.15) is 18.2 Å². The molecular weight excluding hydrogens is 486 g/mol. The van der Waals surface area contributed by atoms with Crippen molar-refractivity contribution in [3.8, 4) is 23.0 Å². The first kappa shape index (κ1) is 20.3. The minimum absolute atomic E-state index is 0.103. The molecular formula is C26H20BrNO5. The van der Waals surface area contributed by atoms with Gasteiger partial charge in [0, 0.05) is 17.6 Å². The molecule has 0 spiro atoms. The van der Waals surface area contributed by atoms with Crippen LogP contribution in [0.3, 0.4) is 0 Å². The van der Waals surface area contributed by atoms with Gasteiger partial charge in [-0.05, 0) is 54.0 Å². The largest absolute Gasteiger partial charge is 0.478 e. The average molecular weight is 506 g/mol. The third-order valence-corrected chi connectivity index (χ3v) is 6.74. The van der Waals surface area contributed by atoms with Crippen LogP contribution < -0.4 is 18.9 Å². The zero-order valence-electron chi connectivity index (χ0n) is 17.9. The molecule has 0 N–H and O–H groups in total. The van der Waals surface area contributed by atoms with Crippen LogP contribution in [-0.4, -0.2) is 24.2 Å². The summed E-state index contributed by atoms with van der Waals surface area (Å²) < 4.78 is 24.0. The first-order valence-corrected chi connectivity index (χ1v) is 11.4. The Kier molecular flexibility index (Phi) is 4.89. The SMILES string of the molecule is Cc1cc2c(c3c1C(=O)/C(=C/c1ccccc1Br)O3)CN(Cc1ccc3c(c1)OCO3)CO2. The fourth-order valence-corrected chi connectivity index (χ4v) is 4.81. The molecule has 0 unspecified atom stereocenters. The van der Waals surface area contributed by atoms with E-state index >= 15 is 0 Å². The normalized spacial score (nSPS) is 17.5. The molecule has 0 aromatic heterocycles. The molecule has 3 aliphatic heterocycles. The van der Waals surface area contributed by atoms with Crippen molar-refractivity contribution in [1.82, 2.24) is 4.90 Å². The highest BCUT2D eigenvalue weighted by atomic mass is 79.9. The summed E-state index contributed by atoms with van der Waals surface area (Å²) in [7, 11) is 0. The number of carbonyl (C=O) groups excluding carboxylic acids is 1. The minimum Gasteiger partial charge on any atom is -0.478 e. The number of ketones is 1. The second kappa shape index (κ2) is 7.93. The summed E-state index contributed by atoms with van der Waals surface area (Å²) >= 11 is 3.54. The van der Waals surface area contributed by atoms with Crippen LogP contribution in [0.2, 0.25) is 0 Å². The van der Waals surface area contributed by atoms with Crippen LogP contribution in [0, 0.1) is 6.92 Å². The van der Waals surface area contributed by atoms with E-state index in [0.29, 0.717) is 36.9 Å². The first-order chi connectivity index (χ1) is 16.1. The lowest BCUT2D eigenvalue weighted by Gasteiger charge is -2.30. The van der Waals surface area contributed by atoms with Crippen molar-refractivity contribution in [2.75, 3.05) is 13.5 Å². The summed E-state index contributed by atoms with van der Waals surface area (Å²) in [4.78, 5) is 15.4. The van der Waals surface area contributed by atoms with Gasteiger partial charge in [-0.2, -0.15) is 0 Å². The maximum absolute atomic E-state index is 13.2. The van der Waals surface area contributed by atoms with Gasteiger partial charge < -0.3 is 18.9 Å². The molecule has 0 aliphatic carbocycles. The lowest BCUT2D eigenvalue weighted by molar-refractivity contribution is 0.0871. The van der Waals surface area contributed by atoms with Gasteiger partial charge in [-0.1, -0.05) is 40.2 Å². The number of fused-ring (bicyclic) bond motifs is 4. The molecule has 3 aromatic carbocycles. The van der Waals surface area contributed by atoms with Crippen molar-refractivity contribution in [2.24, 2.45) is 0 Å². The van der Waals surface area contributed by atoms with Crippen LogP contribution in [-0.2, 0) is 13.1 Å². The van der Waals surface area contributed by atoms with Crippen molar-refractivity contribution >= 4 is 27.8 Å². The molecule has 0 atom stereocenters. The summed E-state index contributed by atoms with van der Waals surface area (Å²) in [5.74, 6) is 3.11. The van der Waals surface area contributed by atoms with E-state index < -0.39 is 0 Å². The molecule has 6 rings (SSSR count). The molecule has 166 valence electrons. The molecule has 0 bridgehead atoms. The van der Waals surface area contributed by atoms with Crippen LogP contribution in [0.25, 0.3) is 6.08 Å². The van der Waals surface area contributed by atoms with Gasteiger partial charge in [0.05, 0.1) is 11.1 Å². The minimum atomic E-state index is -0.103. The van der Waals surface area contributed by atoms with Gasteiger partial charge in [0.15, 0.2) is 17.3 Å². The summed E-state index contributed by atoms with van der Waals surface area (Å²) in [6.45, 7) is 3.91. The van der Waals surface area contributed by atoms with E-state index in [1.54, 1.807) is 6.08 Å². The number of aryl methyl sites for hydroxylation is 1. The summed E-state index contributed by atoms with van der Waals surface area (Å²) in [6.07, 6.45) is 1.78. The van der Waals surface area contributed by atoms with E-state index in [-0.39, 0.29) is 12.6 Å². The number of rotatable bonds is 3. The van der Waals surface area contributed by atoms with Crippen LogP contribution in [0.5, 0.6) is 23.0 Å². The van der Waals surface area contributed by atoms with E-state index in [1.807, 2.05) is 55.5 Å². The molecule has 0 saturated carbocycles. The third-order valence-electron chi connectivity index (χ3n) is 6.02. The lowest BCUT2D eigenvalue weighted by atomic mass is 9.98. The molecule has 6 nitrogen and oxygen atoms in total. The van der Waals surface area contributed by atoms with E-state index in [4.69, 9.17) is 18.9 Å². The average Bonchev–Trinajstić information content (AvgIpc) is 3.40. The number of hydrogen-bond donors (Lipinski definition) is 0. The zero-order valence-corrected chi connectivity index (χ0v) is 19.5. The topological polar surface area (TPSA) is 57.2 Å². The predicted octanol–water partition coefficient (Wildman–Crippen LogP) is 5.45. The van der Waals surface area contributed by atoms with Crippen molar-refractivity contribution in [3.63, 3.8) is 0 Å². The standard InChI is InChI=1S/C26H20BrNO5/c1-15-8-21-18(12-28(13-30-21)11-16-6-7-20-22(9-16)32-14-31-20)26-24(15)25(29)23(33-26)10-17-4-2-3-5-19(17)27/h2-10H,11-14H2,1H3/b23-10-. The highest BCUT2D eigenvalue weighted by molar-refractivity contribution is 9.10.